The van der Waals surface area contributed by atoms with E-state index in [9.17, 15) is 19.5 Å². The molecule has 5 nitrogen and oxygen atoms in total. The van der Waals surface area contributed by atoms with Crippen LogP contribution in [0.25, 0.3) is 0 Å². The summed E-state index contributed by atoms with van der Waals surface area (Å²) in [6.45, 7) is 1.47. The lowest BCUT2D eigenvalue weighted by atomic mass is 9.82. The quantitative estimate of drug-likeness (QED) is 0.664. The van der Waals surface area contributed by atoms with Gasteiger partial charge < -0.3 is 15.2 Å². The van der Waals surface area contributed by atoms with Gasteiger partial charge in [-0.2, -0.15) is 0 Å². The fourth-order valence-electron chi connectivity index (χ4n) is 3.51. The smallest absolute Gasteiger partial charge is 0.228 e. The largest absolute Gasteiger partial charge is 0.550 e. The van der Waals surface area contributed by atoms with Crippen LogP contribution in [0, 0.1) is 23.7 Å². The molecular weight excluding hydrogens is 282 g/mol. The Morgan fingerprint density at radius 2 is 1.64 bits per heavy atom. The van der Waals surface area contributed by atoms with Crippen LogP contribution in [0.4, 0.5) is 5.69 Å². The maximum atomic E-state index is 12.4. The molecule has 1 N–H and O–H groups in total. The van der Waals surface area contributed by atoms with Crippen molar-refractivity contribution in [2.75, 3.05) is 5.32 Å². The van der Waals surface area contributed by atoms with Gasteiger partial charge in [0, 0.05) is 23.1 Å². The van der Waals surface area contributed by atoms with Crippen LogP contribution in [-0.4, -0.2) is 17.7 Å². The van der Waals surface area contributed by atoms with Crippen LogP contribution in [0.2, 0.25) is 0 Å². The molecule has 0 unspecified atom stereocenters. The van der Waals surface area contributed by atoms with Gasteiger partial charge in [-0.05, 0) is 49.4 Å². The summed E-state index contributed by atoms with van der Waals surface area (Å²) in [5.41, 5.74) is 1.12. The molecule has 0 aromatic heterocycles. The van der Waals surface area contributed by atoms with E-state index in [1.165, 1.54) is 6.92 Å². The second kappa shape index (κ2) is 5.40. The van der Waals surface area contributed by atoms with E-state index in [2.05, 4.69) is 5.32 Å². The number of carboxylic acids is 1. The fourth-order valence-corrected chi connectivity index (χ4v) is 3.51. The Kier molecular flexibility index (Phi) is 3.56. The third-order valence-corrected chi connectivity index (χ3v) is 4.59. The predicted molar refractivity (Wildman–Crippen MR) is 77.8 cm³/mol. The van der Waals surface area contributed by atoms with E-state index in [0.717, 1.165) is 0 Å². The Hall–Kier alpha value is -2.43. The van der Waals surface area contributed by atoms with Crippen molar-refractivity contribution in [1.29, 1.82) is 0 Å². The summed E-state index contributed by atoms with van der Waals surface area (Å²) in [5.74, 6) is -3.01. The minimum atomic E-state index is -1.16. The van der Waals surface area contributed by atoms with Gasteiger partial charge in [0.1, 0.15) is 0 Å². The normalized spacial score (nSPS) is 28.6. The van der Waals surface area contributed by atoms with Crippen LogP contribution in [0.15, 0.2) is 36.4 Å². The van der Waals surface area contributed by atoms with Gasteiger partial charge in [0.15, 0.2) is 5.78 Å². The van der Waals surface area contributed by atoms with Crippen molar-refractivity contribution in [3.8, 4) is 0 Å². The molecule has 1 amide bonds. The highest BCUT2D eigenvalue weighted by Crippen LogP contribution is 2.48. The molecular formula is C17H16NO4-. The summed E-state index contributed by atoms with van der Waals surface area (Å²) < 4.78 is 0. The van der Waals surface area contributed by atoms with Crippen molar-refractivity contribution in [2.24, 2.45) is 23.7 Å². The molecule has 1 aromatic carbocycles. The number of Topliss-reactive ketones (excluding diaryl/α,β-unsaturated/α-hetero) is 1. The second-order valence-corrected chi connectivity index (χ2v) is 5.94. The molecule has 1 fully saturated rings. The average Bonchev–Trinajstić information content (AvgIpc) is 3.08. The first-order valence-electron chi connectivity index (χ1n) is 7.28. The standard InChI is InChI=1S/C17H17NO4/c1-9(19)10-4-6-13(7-5-10)18-16(20)14-11-2-3-12(8-11)15(14)17(21)22/h2-7,11-12,14-15H,8H2,1H3,(H,18,20)(H,21,22)/p-1/t11-,12+,14-,15+/m1/s1. The summed E-state index contributed by atoms with van der Waals surface area (Å²) in [5, 5.41) is 14.1. The molecule has 0 saturated heterocycles. The second-order valence-electron chi connectivity index (χ2n) is 5.94. The number of allylic oxidation sites excluding steroid dienone is 2. The minimum Gasteiger partial charge on any atom is -0.550 e. The number of hydrogen-bond acceptors (Lipinski definition) is 4. The lowest BCUT2D eigenvalue weighted by Crippen LogP contribution is -2.42. The summed E-state index contributed by atoms with van der Waals surface area (Å²) in [6, 6.07) is 6.56. The molecule has 4 atom stereocenters. The molecule has 0 heterocycles. The van der Waals surface area contributed by atoms with Crippen LogP contribution in [-0.2, 0) is 9.59 Å². The van der Waals surface area contributed by atoms with E-state index in [1.54, 1.807) is 24.3 Å². The molecule has 22 heavy (non-hydrogen) atoms. The van der Waals surface area contributed by atoms with Crippen LogP contribution >= 0.6 is 0 Å². The molecule has 114 valence electrons. The van der Waals surface area contributed by atoms with Gasteiger partial charge in [-0.1, -0.05) is 12.2 Å². The first-order valence-corrected chi connectivity index (χ1v) is 7.28. The average molecular weight is 298 g/mol. The van der Waals surface area contributed by atoms with Crippen molar-refractivity contribution in [3.05, 3.63) is 42.0 Å². The number of rotatable bonds is 4. The number of nitrogens with one attached hydrogen (secondary N) is 1. The zero-order valence-electron chi connectivity index (χ0n) is 12.1. The third-order valence-electron chi connectivity index (χ3n) is 4.59. The molecule has 0 spiro atoms. The van der Waals surface area contributed by atoms with Gasteiger partial charge in [-0.15, -0.1) is 0 Å². The van der Waals surface area contributed by atoms with Crippen LogP contribution in [0.3, 0.4) is 0 Å². The maximum absolute atomic E-state index is 12.4. The van der Waals surface area contributed by atoms with Gasteiger partial charge in [-0.3, -0.25) is 9.59 Å². The maximum Gasteiger partial charge on any atom is 0.228 e. The monoisotopic (exact) mass is 298 g/mol. The Morgan fingerprint density at radius 1 is 1.05 bits per heavy atom. The van der Waals surface area contributed by atoms with E-state index in [-0.39, 0.29) is 23.5 Å². The van der Waals surface area contributed by atoms with Crippen molar-refractivity contribution in [3.63, 3.8) is 0 Å². The van der Waals surface area contributed by atoms with E-state index >= 15 is 0 Å². The molecule has 0 aliphatic heterocycles. The number of ketones is 1. The Morgan fingerprint density at radius 3 is 2.18 bits per heavy atom. The number of carbonyl (C=O) groups is 3. The van der Waals surface area contributed by atoms with E-state index in [4.69, 9.17) is 0 Å². The molecule has 5 heteroatoms. The number of benzene rings is 1. The predicted octanol–water partition coefficient (Wildman–Crippen LogP) is 1.02. The summed E-state index contributed by atoms with van der Waals surface area (Å²) in [6.07, 6.45) is 4.49. The number of carboxylic acid groups (broad SMARTS) is 1. The zero-order chi connectivity index (χ0) is 15.9. The Balaban J connectivity index is 1.75. The molecule has 1 saturated carbocycles. The fraction of sp³-hybridized carbons (Fsp3) is 0.353. The first-order chi connectivity index (χ1) is 10.5. The van der Waals surface area contributed by atoms with Crippen LogP contribution < -0.4 is 10.4 Å². The van der Waals surface area contributed by atoms with Gasteiger partial charge in [-0.25, -0.2) is 0 Å². The van der Waals surface area contributed by atoms with E-state index < -0.39 is 17.8 Å². The third kappa shape index (κ3) is 2.43. The highest BCUT2D eigenvalue weighted by Gasteiger charge is 2.48. The minimum absolute atomic E-state index is 0.0376. The number of aliphatic carboxylic acids is 1. The summed E-state index contributed by atoms with van der Waals surface area (Å²) >= 11 is 0. The summed E-state index contributed by atoms with van der Waals surface area (Å²) in [7, 11) is 0. The first kappa shape index (κ1) is 14.5. The lowest BCUT2D eigenvalue weighted by molar-refractivity contribution is -0.313. The van der Waals surface area contributed by atoms with Crippen LogP contribution in [0.5, 0.6) is 0 Å². The lowest BCUT2D eigenvalue weighted by Gasteiger charge is -2.27. The number of hydrogen-bond donors (Lipinski definition) is 1. The van der Waals surface area contributed by atoms with Gasteiger partial charge in [0.05, 0.1) is 5.92 Å². The SMILES string of the molecule is CC(=O)c1ccc(NC(=O)[C@H]2[C@@H](C(=O)[O-])[C@H]3C=C[C@@H]2C3)cc1. The number of fused-ring (bicyclic) bond motifs is 2. The summed E-state index contributed by atoms with van der Waals surface area (Å²) in [4.78, 5) is 35.0. The Bertz CT molecular complexity index is 662. The number of anilines is 1. The molecule has 3 rings (SSSR count). The molecule has 2 aliphatic carbocycles. The van der Waals surface area contributed by atoms with Crippen molar-refractivity contribution >= 4 is 23.3 Å². The zero-order valence-corrected chi connectivity index (χ0v) is 12.1. The van der Waals surface area contributed by atoms with E-state index in [0.29, 0.717) is 17.7 Å². The number of amides is 1. The topological polar surface area (TPSA) is 86.3 Å². The van der Waals surface area contributed by atoms with Gasteiger partial charge in [0.2, 0.25) is 5.91 Å². The van der Waals surface area contributed by atoms with Crippen LogP contribution in [0.1, 0.15) is 23.7 Å². The van der Waals surface area contributed by atoms with Crippen molar-refractivity contribution < 1.29 is 19.5 Å². The Labute approximate surface area is 128 Å². The molecule has 2 aliphatic rings. The van der Waals surface area contributed by atoms with E-state index in [1.807, 2.05) is 12.2 Å². The molecule has 0 radical (unpaired) electrons. The van der Waals surface area contributed by atoms with Gasteiger partial charge in [0.25, 0.3) is 0 Å². The highest BCUT2D eigenvalue weighted by molar-refractivity contribution is 5.97. The van der Waals surface area contributed by atoms with Crippen molar-refractivity contribution in [2.45, 2.75) is 13.3 Å². The van der Waals surface area contributed by atoms with Gasteiger partial charge >= 0.3 is 0 Å². The highest BCUT2D eigenvalue weighted by atomic mass is 16.4. The molecule has 2 bridgehead atoms. The van der Waals surface area contributed by atoms with Crippen molar-refractivity contribution in [1.82, 2.24) is 0 Å². The molecule has 1 aromatic rings. The number of carbonyl (C=O) groups excluding carboxylic acids is 3.